The van der Waals surface area contributed by atoms with Crippen molar-refractivity contribution in [3.05, 3.63) is 35.4 Å². The molecule has 1 fully saturated rings. The van der Waals surface area contributed by atoms with E-state index in [1.807, 2.05) is 25.2 Å². The van der Waals surface area contributed by atoms with Crippen molar-refractivity contribution in [1.82, 2.24) is 0 Å². The maximum atomic E-state index is 6.46. The van der Waals surface area contributed by atoms with Gasteiger partial charge in [0, 0.05) is 12.8 Å². The molecule has 0 spiro atoms. The Balaban J connectivity index is 1.85. The Morgan fingerprint density at radius 3 is 1.84 bits per heavy atom. The molecule has 2 aromatic rings. The van der Waals surface area contributed by atoms with Crippen molar-refractivity contribution in [2.75, 3.05) is 59.4 Å². The smallest absolute Gasteiger partial charge is 0.203 e. The van der Waals surface area contributed by atoms with Gasteiger partial charge in [0.2, 0.25) is 5.75 Å². The number of hydrogen-bond acceptors (Lipinski definition) is 8. The highest BCUT2D eigenvalue weighted by molar-refractivity contribution is 7.98. The Bertz CT molecular complexity index is 856. The van der Waals surface area contributed by atoms with E-state index in [4.69, 9.17) is 28.4 Å². The third kappa shape index (κ3) is 5.13. The lowest BCUT2D eigenvalue weighted by molar-refractivity contribution is 0.0437. The summed E-state index contributed by atoms with van der Waals surface area (Å²) in [5.74, 6) is 4.17. The number of ether oxygens (including phenoxy) is 6. The zero-order valence-electron chi connectivity index (χ0n) is 19.7. The number of anilines is 1. The van der Waals surface area contributed by atoms with E-state index in [9.17, 15) is 0 Å². The van der Waals surface area contributed by atoms with Gasteiger partial charge < -0.3 is 33.7 Å². The maximum Gasteiger partial charge on any atom is 0.203 e. The van der Waals surface area contributed by atoms with E-state index < -0.39 is 0 Å². The van der Waals surface area contributed by atoms with Gasteiger partial charge >= 0.3 is 0 Å². The molecule has 2 atom stereocenters. The van der Waals surface area contributed by atoms with Crippen LogP contribution in [0.5, 0.6) is 28.7 Å². The Kier molecular flexibility index (Phi) is 8.64. The minimum Gasteiger partial charge on any atom is -0.493 e. The van der Waals surface area contributed by atoms with Crippen LogP contribution in [0.1, 0.15) is 36.2 Å². The van der Waals surface area contributed by atoms with Crippen molar-refractivity contribution in [3.63, 3.8) is 0 Å². The Hall–Kier alpha value is -2.45. The molecule has 0 bridgehead atoms. The highest BCUT2D eigenvalue weighted by Gasteiger charge is 2.30. The molecule has 0 saturated carbocycles. The Labute approximate surface area is 194 Å². The predicted molar refractivity (Wildman–Crippen MR) is 128 cm³/mol. The van der Waals surface area contributed by atoms with Gasteiger partial charge in [-0.05, 0) is 54.5 Å². The summed E-state index contributed by atoms with van der Waals surface area (Å²) in [4.78, 5) is 0. The Morgan fingerprint density at radius 1 is 0.844 bits per heavy atom. The highest BCUT2D eigenvalue weighted by Crippen LogP contribution is 2.48. The molecule has 2 aromatic carbocycles. The van der Waals surface area contributed by atoms with Crippen LogP contribution in [-0.2, 0) is 4.74 Å². The number of thioether (sulfide) groups is 1. The molecule has 1 heterocycles. The Morgan fingerprint density at radius 2 is 1.38 bits per heavy atom. The van der Waals surface area contributed by atoms with Crippen LogP contribution in [0.2, 0.25) is 0 Å². The fraction of sp³-hybridized carbons (Fsp3) is 0.500. The van der Waals surface area contributed by atoms with Crippen LogP contribution in [0.3, 0.4) is 0 Å². The van der Waals surface area contributed by atoms with Gasteiger partial charge in [-0.1, -0.05) is 0 Å². The third-order valence-electron chi connectivity index (χ3n) is 5.55. The molecule has 3 rings (SSSR count). The number of nitrogens with one attached hydrogen (secondary N) is 1. The minimum absolute atomic E-state index is 0.0552. The van der Waals surface area contributed by atoms with Crippen molar-refractivity contribution in [2.24, 2.45) is 0 Å². The summed E-state index contributed by atoms with van der Waals surface area (Å²) in [6, 6.07) is 8.00. The molecule has 32 heavy (non-hydrogen) atoms. The first-order chi connectivity index (χ1) is 15.6. The number of methoxy groups -OCH3 is 4. The zero-order chi connectivity index (χ0) is 23.1. The number of benzene rings is 2. The van der Waals surface area contributed by atoms with Gasteiger partial charge in [0.05, 0.1) is 52.9 Å². The van der Waals surface area contributed by atoms with Crippen LogP contribution in [0.4, 0.5) is 5.69 Å². The van der Waals surface area contributed by atoms with Crippen LogP contribution in [0.25, 0.3) is 0 Å². The molecule has 0 radical (unpaired) electrons. The largest absolute Gasteiger partial charge is 0.493 e. The first kappa shape index (κ1) is 24.2. The quantitative estimate of drug-likeness (QED) is 0.462. The SMILES string of the molecule is CNc1cc(C2CCC(c3cc(OC)c(OC)c(OC)c3)O2)cc(OC)c1OCCSC. The highest BCUT2D eigenvalue weighted by atomic mass is 32.2. The van der Waals surface area contributed by atoms with E-state index in [1.54, 1.807) is 40.2 Å². The van der Waals surface area contributed by atoms with Crippen LogP contribution >= 0.6 is 11.8 Å². The molecule has 1 N–H and O–H groups in total. The molecular formula is C24H33NO6S. The van der Waals surface area contributed by atoms with Gasteiger partial charge in [-0.2, -0.15) is 11.8 Å². The van der Waals surface area contributed by atoms with E-state index >= 15 is 0 Å². The van der Waals surface area contributed by atoms with Gasteiger partial charge in [0.15, 0.2) is 23.0 Å². The van der Waals surface area contributed by atoms with Crippen molar-refractivity contribution in [3.8, 4) is 28.7 Å². The summed E-state index contributed by atoms with van der Waals surface area (Å²) in [6.07, 6.45) is 3.70. The minimum atomic E-state index is -0.0738. The lowest BCUT2D eigenvalue weighted by Crippen LogP contribution is -2.07. The molecule has 0 aliphatic carbocycles. The van der Waals surface area contributed by atoms with E-state index in [2.05, 4.69) is 17.6 Å². The molecule has 1 aliphatic rings. The van der Waals surface area contributed by atoms with Crippen LogP contribution in [0, 0.1) is 0 Å². The molecule has 1 aliphatic heterocycles. The second kappa shape index (κ2) is 11.4. The average molecular weight is 464 g/mol. The van der Waals surface area contributed by atoms with Crippen molar-refractivity contribution >= 4 is 17.4 Å². The fourth-order valence-corrected chi connectivity index (χ4v) is 4.19. The van der Waals surface area contributed by atoms with Crippen LogP contribution < -0.4 is 29.0 Å². The molecule has 0 amide bonds. The maximum absolute atomic E-state index is 6.46. The van der Waals surface area contributed by atoms with E-state index in [0.29, 0.717) is 29.6 Å². The van der Waals surface area contributed by atoms with Crippen LogP contribution in [0.15, 0.2) is 24.3 Å². The molecule has 0 aromatic heterocycles. The van der Waals surface area contributed by atoms with Gasteiger partial charge in [0.1, 0.15) is 0 Å². The topological polar surface area (TPSA) is 67.4 Å². The van der Waals surface area contributed by atoms with E-state index in [-0.39, 0.29) is 12.2 Å². The van der Waals surface area contributed by atoms with Crippen molar-refractivity contribution in [1.29, 1.82) is 0 Å². The van der Waals surface area contributed by atoms with Gasteiger partial charge in [-0.15, -0.1) is 0 Å². The van der Waals surface area contributed by atoms with Crippen LogP contribution in [-0.4, -0.2) is 54.1 Å². The second-order valence-electron chi connectivity index (χ2n) is 7.34. The predicted octanol–water partition coefficient (Wildman–Crippen LogP) is 5.10. The number of rotatable bonds is 11. The standard InChI is InChI=1S/C24H33NO6S/c1-25-17-11-15(12-20(26-2)23(17)30-9-10-32-6)18-7-8-19(31-18)16-13-21(27-3)24(29-5)22(14-16)28-4/h11-14,18-19,25H,7-10H2,1-6H3. The monoisotopic (exact) mass is 463 g/mol. The zero-order valence-corrected chi connectivity index (χ0v) is 20.5. The molecule has 8 heteroatoms. The van der Waals surface area contributed by atoms with Gasteiger partial charge in [-0.3, -0.25) is 0 Å². The normalized spacial score (nSPS) is 17.7. The molecule has 1 saturated heterocycles. The van der Waals surface area contributed by atoms with E-state index in [0.717, 1.165) is 41.2 Å². The lowest BCUT2D eigenvalue weighted by Gasteiger charge is -2.20. The summed E-state index contributed by atoms with van der Waals surface area (Å²) in [5, 5.41) is 3.23. The van der Waals surface area contributed by atoms with Gasteiger partial charge in [-0.25, -0.2) is 0 Å². The summed E-state index contributed by atoms with van der Waals surface area (Å²) in [5.41, 5.74) is 2.94. The molecule has 2 unspecified atom stereocenters. The second-order valence-corrected chi connectivity index (χ2v) is 8.33. The fourth-order valence-electron chi connectivity index (χ4n) is 3.94. The summed E-state index contributed by atoms with van der Waals surface area (Å²) in [7, 11) is 8.38. The molecule has 176 valence electrons. The van der Waals surface area contributed by atoms with E-state index in [1.165, 1.54) is 0 Å². The first-order valence-electron chi connectivity index (χ1n) is 10.6. The first-order valence-corrected chi connectivity index (χ1v) is 12.0. The average Bonchev–Trinajstić information content (AvgIpc) is 3.33. The third-order valence-corrected chi connectivity index (χ3v) is 6.13. The van der Waals surface area contributed by atoms with Crippen molar-refractivity contribution < 1.29 is 28.4 Å². The summed E-state index contributed by atoms with van der Waals surface area (Å²) >= 11 is 1.74. The number of hydrogen-bond donors (Lipinski definition) is 1. The summed E-state index contributed by atoms with van der Waals surface area (Å²) < 4.78 is 34.5. The summed E-state index contributed by atoms with van der Waals surface area (Å²) in [6.45, 7) is 0.620. The lowest BCUT2D eigenvalue weighted by atomic mass is 10.0. The molecular weight excluding hydrogens is 430 g/mol. The van der Waals surface area contributed by atoms with Crippen molar-refractivity contribution in [2.45, 2.75) is 25.0 Å². The van der Waals surface area contributed by atoms with Gasteiger partial charge in [0.25, 0.3) is 0 Å². The molecule has 7 nitrogen and oxygen atoms in total.